The lowest BCUT2D eigenvalue weighted by Gasteiger charge is -2.23. The topological polar surface area (TPSA) is 44.7 Å². The summed E-state index contributed by atoms with van der Waals surface area (Å²) in [6, 6.07) is 6.17. The van der Waals surface area contributed by atoms with Crippen LogP contribution in [-0.2, 0) is 6.54 Å². The third-order valence-corrected chi connectivity index (χ3v) is 3.86. The maximum absolute atomic E-state index is 9.55. The number of benzene rings is 1. The van der Waals surface area contributed by atoms with E-state index in [4.69, 9.17) is 4.74 Å². The number of ether oxygens (including phenoxy) is 1. The van der Waals surface area contributed by atoms with Crippen LogP contribution in [-0.4, -0.2) is 42.8 Å². The van der Waals surface area contributed by atoms with E-state index >= 15 is 0 Å². The molecule has 1 aliphatic heterocycles. The molecule has 0 saturated carbocycles. The van der Waals surface area contributed by atoms with Gasteiger partial charge in [-0.2, -0.15) is 0 Å². The van der Waals surface area contributed by atoms with Crippen molar-refractivity contribution in [3.8, 4) is 11.5 Å². The van der Waals surface area contributed by atoms with Crippen LogP contribution in [0.15, 0.2) is 18.2 Å². The van der Waals surface area contributed by atoms with E-state index in [0.717, 1.165) is 25.2 Å². The average molecular weight is 264 g/mol. The Hall–Kier alpha value is -1.26. The lowest BCUT2D eigenvalue weighted by molar-refractivity contribution is 0.260. The Bertz CT molecular complexity index is 409. The van der Waals surface area contributed by atoms with Gasteiger partial charge in [-0.1, -0.05) is 13.0 Å². The van der Waals surface area contributed by atoms with Crippen LogP contribution in [0.4, 0.5) is 0 Å². The number of likely N-dealkylation sites (N-methyl/N-ethyl adjacent to an activating group) is 1. The minimum Gasteiger partial charge on any atom is -0.504 e. The average Bonchev–Trinajstić information content (AvgIpc) is 2.88. The minimum atomic E-state index is 0.194. The Morgan fingerprint density at radius 2 is 2.32 bits per heavy atom. The van der Waals surface area contributed by atoms with E-state index in [1.807, 2.05) is 12.1 Å². The lowest BCUT2D eigenvalue weighted by atomic mass is 10.2. The highest BCUT2D eigenvalue weighted by molar-refractivity contribution is 5.41. The van der Waals surface area contributed by atoms with Gasteiger partial charge in [0.2, 0.25) is 0 Å². The highest BCUT2D eigenvalue weighted by atomic mass is 16.5. The van der Waals surface area contributed by atoms with Crippen molar-refractivity contribution in [2.24, 2.45) is 0 Å². The van der Waals surface area contributed by atoms with E-state index in [1.54, 1.807) is 13.2 Å². The molecule has 0 amide bonds. The SMILES string of the molecule is CCN1CCCC1CNCc1ccc(O)c(OC)c1. The maximum atomic E-state index is 9.55. The second-order valence-electron chi connectivity index (χ2n) is 5.06. The van der Waals surface area contributed by atoms with E-state index < -0.39 is 0 Å². The smallest absolute Gasteiger partial charge is 0.160 e. The van der Waals surface area contributed by atoms with Crippen molar-refractivity contribution < 1.29 is 9.84 Å². The van der Waals surface area contributed by atoms with Crippen molar-refractivity contribution in [2.75, 3.05) is 26.7 Å². The number of phenolic OH excluding ortho intramolecular Hbond substituents is 1. The van der Waals surface area contributed by atoms with Crippen LogP contribution in [0.1, 0.15) is 25.3 Å². The van der Waals surface area contributed by atoms with Crippen LogP contribution >= 0.6 is 0 Å². The number of aromatic hydroxyl groups is 1. The molecule has 1 aromatic rings. The number of methoxy groups -OCH3 is 1. The molecule has 2 rings (SSSR count). The number of nitrogens with one attached hydrogen (secondary N) is 1. The van der Waals surface area contributed by atoms with Crippen molar-refractivity contribution in [3.05, 3.63) is 23.8 Å². The molecule has 1 aliphatic rings. The Morgan fingerprint density at radius 1 is 1.47 bits per heavy atom. The Morgan fingerprint density at radius 3 is 3.05 bits per heavy atom. The molecule has 0 radical (unpaired) electrons. The fourth-order valence-electron chi connectivity index (χ4n) is 2.76. The zero-order chi connectivity index (χ0) is 13.7. The van der Waals surface area contributed by atoms with Crippen molar-refractivity contribution in [3.63, 3.8) is 0 Å². The van der Waals surface area contributed by atoms with Crippen LogP contribution < -0.4 is 10.1 Å². The first-order chi connectivity index (χ1) is 9.24. The minimum absolute atomic E-state index is 0.194. The number of likely N-dealkylation sites (tertiary alicyclic amines) is 1. The van der Waals surface area contributed by atoms with Crippen LogP contribution in [0.3, 0.4) is 0 Å². The summed E-state index contributed by atoms with van der Waals surface area (Å²) in [5, 5.41) is 13.0. The fraction of sp³-hybridized carbons (Fsp3) is 0.600. The van der Waals surface area contributed by atoms with Crippen LogP contribution in [0.5, 0.6) is 11.5 Å². The van der Waals surface area contributed by atoms with E-state index in [2.05, 4.69) is 17.1 Å². The predicted octanol–water partition coefficient (Wildman–Crippen LogP) is 1.97. The fourth-order valence-corrected chi connectivity index (χ4v) is 2.76. The monoisotopic (exact) mass is 264 g/mol. The standard InChI is InChI=1S/C15H24N2O2/c1-3-17-8-4-5-13(17)11-16-10-12-6-7-14(18)15(9-12)19-2/h6-7,9,13,16,18H,3-5,8,10-11H2,1-2H3. The Kier molecular flexibility index (Phi) is 5.05. The largest absolute Gasteiger partial charge is 0.504 e. The number of hydrogen-bond acceptors (Lipinski definition) is 4. The molecule has 1 aromatic carbocycles. The van der Waals surface area contributed by atoms with E-state index in [9.17, 15) is 5.11 Å². The Balaban J connectivity index is 1.82. The van der Waals surface area contributed by atoms with Crippen molar-refractivity contribution in [1.29, 1.82) is 0 Å². The molecule has 19 heavy (non-hydrogen) atoms. The summed E-state index contributed by atoms with van der Waals surface area (Å²) in [5.41, 5.74) is 1.13. The molecule has 106 valence electrons. The summed E-state index contributed by atoms with van der Waals surface area (Å²) in [4.78, 5) is 2.53. The van der Waals surface area contributed by atoms with Crippen molar-refractivity contribution >= 4 is 0 Å². The first-order valence-electron chi connectivity index (χ1n) is 7.05. The summed E-state index contributed by atoms with van der Waals surface area (Å²) >= 11 is 0. The normalized spacial score (nSPS) is 19.8. The van der Waals surface area contributed by atoms with Gasteiger partial charge in [0.15, 0.2) is 11.5 Å². The molecule has 1 saturated heterocycles. The van der Waals surface area contributed by atoms with Gasteiger partial charge in [0.1, 0.15) is 0 Å². The molecule has 2 N–H and O–H groups in total. The molecule has 1 unspecified atom stereocenters. The third kappa shape index (κ3) is 3.61. The summed E-state index contributed by atoms with van der Waals surface area (Å²) in [7, 11) is 1.57. The zero-order valence-electron chi connectivity index (χ0n) is 11.9. The first kappa shape index (κ1) is 14.2. The van der Waals surface area contributed by atoms with Gasteiger partial charge in [0.05, 0.1) is 7.11 Å². The van der Waals surface area contributed by atoms with Gasteiger partial charge in [0.25, 0.3) is 0 Å². The predicted molar refractivity (Wildman–Crippen MR) is 76.6 cm³/mol. The summed E-state index contributed by atoms with van der Waals surface area (Å²) in [5.74, 6) is 0.731. The van der Waals surface area contributed by atoms with Crippen LogP contribution in [0.25, 0.3) is 0 Å². The highest BCUT2D eigenvalue weighted by Gasteiger charge is 2.22. The van der Waals surface area contributed by atoms with E-state index in [1.165, 1.54) is 19.4 Å². The molecular weight excluding hydrogens is 240 g/mol. The number of hydrogen-bond donors (Lipinski definition) is 2. The van der Waals surface area contributed by atoms with Gasteiger partial charge in [-0.05, 0) is 43.6 Å². The third-order valence-electron chi connectivity index (χ3n) is 3.86. The molecule has 0 bridgehead atoms. The molecule has 1 fully saturated rings. The molecule has 1 atom stereocenters. The van der Waals surface area contributed by atoms with Gasteiger partial charge in [-0.15, -0.1) is 0 Å². The number of rotatable bonds is 6. The second kappa shape index (κ2) is 6.78. The summed E-state index contributed by atoms with van der Waals surface area (Å²) in [6.45, 7) is 6.43. The zero-order valence-corrected chi connectivity index (χ0v) is 11.9. The maximum Gasteiger partial charge on any atom is 0.160 e. The van der Waals surface area contributed by atoms with Gasteiger partial charge in [-0.3, -0.25) is 4.90 Å². The molecule has 4 heteroatoms. The highest BCUT2D eigenvalue weighted by Crippen LogP contribution is 2.26. The van der Waals surface area contributed by atoms with E-state index in [0.29, 0.717) is 11.8 Å². The molecular formula is C15H24N2O2. The van der Waals surface area contributed by atoms with Gasteiger partial charge >= 0.3 is 0 Å². The van der Waals surface area contributed by atoms with Gasteiger partial charge in [-0.25, -0.2) is 0 Å². The molecule has 0 aromatic heterocycles. The van der Waals surface area contributed by atoms with Crippen molar-refractivity contribution in [2.45, 2.75) is 32.4 Å². The van der Waals surface area contributed by atoms with Gasteiger partial charge in [0, 0.05) is 19.1 Å². The molecule has 0 spiro atoms. The summed E-state index contributed by atoms with van der Waals surface area (Å²) in [6.07, 6.45) is 2.60. The van der Waals surface area contributed by atoms with Crippen molar-refractivity contribution in [1.82, 2.24) is 10.2 Å². The van der Waals surface area contributed by atoms with E-state index in [-0.39, 0.29) is 5.75 Å². The molecule has 0 aliphatic carbocycles. The lowest BCUT2D eigenvalue weighted by Crippen LogP contribution is -2.37. The second-order valence-corrected chi connectivity index (χ2v) is 5.06. The van der Waals surface area contributed by atoms with Crippen LogP contribution in [0.2, 0.25) is 0 Å². The molecule has 4 nitrogen and oxygen atoms in total. The quantitative estimate of drug-likeness (QED) is 0.824. The first-order valence-corrected chi connectivity index (χ1v) is 7.05. The van der Waals surface area contributed by atoms with Crippen LogP contribution in [0, 0.1) is 0 Å². The Labute approximate surface area is 115 Å². The number of nitrogens with zero attached hydrogens (tertiary/aromatic N) is 1. The van der Waals surface area contributed by atoms with Gasteiger partial charge < -0.3 is 15.2 Å². The molecule has 1 heterocycles. The summed E-state index contributed by atoms with van der Waals surface area (Å²) < 4.78 is 5.11. The number of phenols is 1.